The number of hydrogen-bond acceptors (Lipinski definition) is 7. The number of fused-ring (bicyclic) bond motifs is 7. The van der Waals surface area contributed by atoms with Crippen molar-refractivity contribution in [2.75, 3.05) is 13.2 Å². The van der Waals surface area contributed by atoms with Crippen molar-refractivity contribution in [2.24, 2.45) is 50.2 Å². The van der Waals surface area contributed by atoms with Crippen molar-refractivity contribution >= 4 is 5.97 Å². The number of hydrogen-bond donors (Lipinski definition) is 5. The fourth-order valence-corrected chi connectivity index (χ4v) is 11.5. The lowest BCUT2D eigenvalue weighted by atomic mass is 9.33. The normalized spacial score (nSPS) is 51.8. The van der Waals surface area contributed by atoms with Gasteiger partial charge in [-0.15, -0.1) is 0 Å². The maximum absolute atomic E-state index is 12.9. The first-order valence-electron chi connectivity index (χ1n) is 16.2. The number of rotatable bonds is 4. The van der Waals surface area contributed by atoms with Gasteiger partial charge in [0.05, 0.1) is 30.8 Å². The molecule has 7 nitrogen and oxygen atoms in total. The predicted octanol–water partition coefficient (Wildman–Crippen LogP) is 4.54. The Balaban J connectivity index is 1.58. The van der Waals surface area contributed by atoms with Crippen LogP contribution >= 0.6 is 0 Å². The van der Waals surface area contributed by atoms with Crippen molar-refractivity contribution in [2.45, 2.75) is 125 Å². The van der Waals surface area contributed by atoms with Gasteiger partial charge in [0, 0.05) is 16.4 Å². The van der Waals surface area contributed by atoms with Gasteiger partial charge in [-0.2, -0.15) is 0 Å². The van der Waals surface area contributed by atoms with E-state index in [1.807, 2.05) is 13.8 Å². The fourth-order valence-electron chi connectivity index (χ4n) is 11.5. The van der Waals surface area contributed by atoms with E-state index < -0.39 is 53.2 Å². The first kappa shape index (κ1) is 32.2. The van der Waals surface area contributed by atoms with E-state index in [1.54, 1.807) is 19.9 Å². The molecule has 0 unspecified atom stereocenters. The number of esters is 1. The maximum atomic E-state index is 12.9. The van der Waals surface area contributed by atoms with Gasteiger partial charge in [0.25, 0.3) is 0 Å². The summed E-state index contributed by atoms with van der Waals surface area (Å²) in [7, 11) is 0. The molecule has 42 heavy (non-hydrogen) atoms. The molecule has 0 aliphatic heterocycles. The molecule has 7 heteroatoms. The van der Waals surface area contributed by atoms with Crippen LogP contribution in [-0.4, -0.2) is 69.1 Å². The zero-order chi connectivity index (χ0) is 31.3. The van der Waals surface area contributed by atoms with E-state index >= 15 is 0 Å². The molecule has 5 N–H and O–H groups in total. The summed E-state index contributed by atoms with van der Waals surface area (Å²) in [6, 6.07) is 0. The molecule has 0 aromatic rings. The smallest absolute Gasteiger partial charge is 0.333 e. The highest BCUT2D eigenvalue weighted by Gasteiger charge is 2.72. The van der Waals surface area contributed by atoms with Gasteiger partial charge in [0.15, 0.2) is 0 Å². The predicted molar refractivity (Wildman–Crippen MR) is 161 cm³/mol. The molecule has 0 aromatic heterocycles. The standard InChI is InChI=1S/C35H56O7/c1-9-20(2)29(41)42-28-27(40)35(19-37)22(16-30(28,3)4)21-10-11-24-31(5)14-13-25(38)32(6,18-36)23(31)12-15-33(24,7)34(21,8)17-26(35)39/h9-10,22-28,36-40H,11-19H2,1-8H3/b20-9-/t22-,23+,24+,25-,26+,27-,28-,31-,32+,33+,34+,35-/m0/s1. The van der Waals surface area contributed by atoms with Gasteiger partial charge in [-0.05, 0) is 92.8 Å². The van der Waals surface area contributed by atoms with Crippen LogP contribution in [0.3, 0.4) is 0 Å². The lowest BCUT2D eigenvalue weighted by Crippen LogP contribution is -2.72. The third-order valence-electron chi connectivity index (χ3n) is 14.5. The maximum Gasteiger partial charge on any atom is 0.333 e. The minimum Gasteiger partial charge on any atom is -0.456 e. The number of allylic oxidation sites excluding steroid dienone is 3. The summed E-state index contributed by atoms with van der Waals surface area (Å²) in [4.78, 5) is 12.9. The van der Waals surface area contributed by atoms with Gasteiger partial charge >= 0.3 is 5.97 Å². The summed E-state index contributed by atoms with van der Waals surface area (Å²) in [6.45, 7) is 16.2. The Kier molecular flexibility index (Phi) is 7.76. The quantitative estimate of drug-likeness (QED) is 0.185. The summed E-state index contributed by atoms with van der Waals surface area (Å²) >= 11 is 0. The molecule has 12 atom stereocenters. The molecule has 4 saturated carbocycles. The van der Waals surface area contributed by atoms with Crippen LogP contribution in [0.25, 0.3) is 0 Å². The summed E-state index contributed by atoms with van der Waals surface area (Å²) in [5.41, 5.74) is -1.25. The van der Waals surface area contributed by atoms with E-state index in [2.05, 4.69) is 33.8 Å². The first-order valence-corrected chi connectivity index (χ1v) is 16.2. The monoisotopic (exact) mass is 588 g/mol. The van der Waals surface area contributed by atoms with Crippen molar-refractivity contribution in [1.82, 2.24) is 0 Å². The fraction of sp³-hybridized carbons (Fsp3) is 0.857. The molecule has 238 valence electrons. The van der Waals surface area contributed by atoms with E-state index in [0.717, 1.165) is 25.7 Å². The molecule has 0 aromatic carbocycles. The third kappa shape index (κ3) is 3.92. The van der Waals surface area contributed by atoms with Gasteiger partial charge in [0.1, 0.15) is 12.2 Å². The average molecular weight is 589 g/mol. The second kappa shape index (κ2) is 10.1. The molecular weight excluding hydrogens is 532 g/mol. The molecular formula is C35H56O7. The number of ether oxygens (including phenoxy) is 1. The molecule has 0 amide bonds. The molecule has 0 saturated heterocycles. The van der Waals surface area contributed by atoms with Gasteiger partial charge in [-0.25, -0.2) is 4.79 Å². The van der Waals surface area contributed by atoms with Crippen LogP contribution in [-0.2, 0) is 9.53 Å². The lowest BCUT2D eigenvalue weighted by Gasteiger charge is -2.72. The minimum absolute atomic E-state index is 0.0255. The van der Waals surface area contributed by atoms with Crippen LogP contribution in [0.2, 0.25) is 0 Å². The Hall–Kier alpha value is -1.25. The van der Waals surface area contributed by atoms with E-state index in [0.29, 0.717) is 30.8 Å². The molecule has 0 bridgehead atoms. The highest BCUT2D eigenvalue weighted by Crippen LogP contribution is 2.75. The molecule has 4 fully saturated rings. The lowest BCUT2D eigenvalue weighted by molar-refractivity contribution is -0.262. The summed E-state index contributed by atoms with van der Waals surface area (Å²) in [5, 5.41) is 56.6. The minimum atomic E-state index is -1.23. The molecule has 5 aliphatic carbocycles. The molecule has 5 aliphatic rings. The third-order valence-corrected chi connectivity index (χ3v) is 14.5. The van der Waals surface area contributed by atoms with E-state index in [1.165, 1.54) is 5.57 Å². The van der Waals surface area contributed by atoms with Gasteiger partial charge in [-0.1, -0.05) is 59.3 Å². The largest absolute Gasteiger partial charge is 0.456 e. The number of carbonyl (C=O) groups is 1. The van der Waals surface area contributed by atoms with Crippen LogP contribution in [0.5, 0.6) is 0 Å². The van der Waals surface area contributed by atoms with Crippen LogP contribution in [0.4, 0.5) is 0 Å². The first-order chi connectivity index (χ1) is 19.4. The Morgan fingerprint density at radius 3 is 2.21 bits per heavy atom. The van der Waals surface area contributed by atoms with Crippen LogP contribution in [0.15, 0.2) is 23.3 Å². The molecule has 0 heterocycles. The van der Waals surface area contributed by atoms with Crippen LogP contribution in [0, 0.1) is 50.2 Å². The molecule has 0 radical (unpaired) electrons. The molecule has 0 spiro atoms. The SMILES string of the molecule is C/C=C(/C)C(=O)O[C@H]1[C@H](O)[C@]2(CO)[C@H](O)C[C@]3(C)C(=CC[C@@H]4[C@@]5(C)CC[C@H](O)[C@](C)(CO)[C@@H]5CC[C@]43C)[C@@H]2CC1(C)C. The highest BCUT2D eigenvalue weighted by atomic mass is 16.6. The van der Waals surface area contributed by atoms with E-state index in [4.69, 9.17) is 4.74 Å². The summed E-state index contributed by atoms with van der Waals surface area (Å²) < 4.78 is 5.93. The number of aliphatic hydroxyl groups is 5. The van der Waals surface area contributed by atoms with Crippen LogP contribution in [0.1, 0.15) is 100 Å². The average Bonchev–Trinajstić information content (AvgIpc) is 2.93. The summed E-state index contributed by atoms with van der Waals surface area (Å²) in [6.07, 6.45) is 5.72. The van der Waals surface area contributed by atoms with E-state index in [9.17, 15) is 30.3 Å². The Morgan fingerprint density at radius 2 is 1.62 bits per heavy atom. The topological polar surface area (TPSA) is 127 Å². The summed E-state index contributed by atoms with van der Waals surface area (Å²) in [5.74, 6) is -0.241. The van der Waals surface area contributed by atoms with Gasteiger partial charge < -0.3 is 30.3 Å². The van der Waals surface area contributed by atoms with Gasteiger partial charge in [-0.3, -0.25) is 0 Å². The number of carbonyl (C=O) groups excluding carboxylic acids is 1. The van der Waals surface area contributed by atoms with Crippen molar-refractivity contribution in [3.63, 3.8) is 0 Å². The number of aliphatic hydroxyl groups excluding tert-OH is 5. The highest BCUT2D eigenvalue weighted by molar-refractivity contribution is 5.87. The zero-order valence-electron chi connectivity index (χ0n) is 27.1. The van der Waals surface area contributed by atoms with Crippen molar-refractivity contribution < 1.29 is 35.1 Å². The van der Waals surface area contributed by atoms with Crippen molar-refractivity contribution in [3.8, 4) is 0 Å². The second-order valence-corrected chi connectivity index (χ2v) is 16.5. The van der Waals surface area contributed by atoms with Crippen molar-refractivity contribution in [1.29, 1.82) is 0 Å². The van der Waals surface area contributed by atoms with Crippen LogP contribution < -0.4 is 0 Å². The Bertz CT molecular complexity index is 1160. The zero-order valence-corrected chi connectivity index (χ0v) is 27.1. The Morgan fingerprint density at radius 1 is 0.952 bits per heavy atom. The van der Waals surface area contributed by atoms with E-state index in [-0.39, 0.29) is 34.7 Å². The van der Waals surface area contributed by atoms with Crippen molar-refractivity contribution in [3.05, 3.63) is 23.3 Å². The second-order valence-electron chi connectivity index (χ2n) is 16.5. The van der Waals surface area contributed by atoms with Gasteiger partial charge in [0.2, 0.25) is 0 Å². The molecule has 5 rings (SSSR count). The Labute approximate surface area is 252 Å².